The van der Waals surface area contributed by atoms with Gasteiger partial charge in [-0.15, -0.1) is 0 Å². The van der Waals surface area contributed by atoms with Gasteiger partial charge >= 0.3 is 0 Å². The maximum atomic E-state index is 13.5. The third-order valence-electron chi connectivity index (χ3n) is 4.10. The van der Waals surface area contributed by atoms with E-state index in [9.17, 15) is 4.39 Å². The SMILES string of the molecule is CN1CCC(Cn2c(N)nc3cc(F)c(Cl)cc32)CC1. The smallest absolute Gasteiger partial charge is 0.201 e. The first-order valence-corrected chi connectivity index (χ1v) is 7.21. The van der Waals surface area contributed by atoms with Gasteiger partial charge < -0.3 is 15.2 Å². The molecule has 0 spiro atoms. The molecule has 1 aliphatic rings. The first-order chi connectivity index (χ1) is 9.54. The van der Waals surface area contributed by atoms with E-state index in [2.05, 4.69) is 16.9 Å². The summed E-state index contributed by atoms with van der Waals surface area (Å²) in [6.45, 7) is 3.03. The Labute approximate surface area is 122 Å². The van der Waals surface area contributed by atoms with Crippen molar-refractivity contribution in [3.63, 3.8) is 0 Å². The summed E-state index contributed by atoms with van der Waals surface area (Å²) >= 11 is 5.87. The minimum Gasteiger partial charge on any atom is -0.369 e. The fourth-order valence-electron chi connectivity index (χ4n) is 2.83. The molecule has 2 N–H and O–H groups in total. The molecule has 2 heterocycles. The van der Waals surface area contributed by atoms with E-state index < -0.39 is 5.82 Å². The van der Waals surface area contributed by atoms with Crippen molar-refractivity contribution in [2.24, 2.45) is 5.92 Å². The number of anilines is 1. The molecule has 1 aromatic carbocycles. The van der Waals surface area contributed by atoms with Gasteiger partial charge in [0.2, 0.25) is 5.95 Å². The number of nitrogens with zero attached hydrogens (tertiary/aromatic N) is 3. The summed E-state index contributed by atoms with van der Waals surface area (Å²) in [6, 6.07) is 2.96. The van der Waals surface area contributed by atoms with Gasteiger partial charge in [-0.05, 0) is 45.0 Å². The summed E-state index contributed by atoms with van der Waals surface area (Å²) in [4.78, 5) is 6.56. The molecule has 6 heteroatoms. The first kappa shape index (κ1) is 13.6. The molecule has 0 unspecified atom stereocenters. The highest BCUT2D eigenvalue weighted by Crippen LogP contribution is 2.27. The van der Waals surface area contributed by atoms with Crippen LogP contribution in [0.2, 0.25) is 5.02 Å². The van der Waals surface area contributed by atoms with Crippen molar-refractivity contribution >= 4 is 28.6 Å². The molecule has 1 saturated heterocycles. The zero-order chi connectivity index (χ0) is 14.3. The van der Waals surface area contributed by atoms with Gasteiger partial charge in [-0.1, -0.05) is 11.6 Å². The van der Waals surface area contributed by atoms with Crippen molar-refractivity contribution in [2.75, 3.05) is 25.9 Å². The normalized spacial score (nSPS) is 17.9. The number of piperidine rings is 1. The summed E-state index contributed by atoms with van der Waals surface area (Å²) in [5, 5.41) is 0.113. The van der Waals surface area contributed by atoms with E-state index in [0.717, 1.165) is 38.0 Å². The van der Waals surface area contributed by atoms with Crippen molar-refractivity contribution in [1.29, 1.82) is 0 Å². The Bertz CT molecular complexity index is 632. The highest BCUT2D eigenvalue weighted by Gasteiger charge is 2.20. The fourth-order valence-corrected chi connectivity index (χ4v) is 2.99. The Balaban J connectivity index is 1.91. The number of nitrogens with two attached hydrogens (primary N) is 1. The van der Waals surface area contributed by atoms with Crippen LogP contribution < -0.4 is 5.73 Å². The van der Waals surface area contributed by atoms with Crippen LogP contribution in [0.15, 0.2) is 12.1 Å². The maximum Gasteiger partial charge on any atom is 0.201 e. The van der Waals surface area contributed by atoms with Gasteiger partial charge in [-0.3, -0.25) is 0 Å². The van der Waals surface area contributed by atoms with E-state index in [1.165, 1.54) is 6.07 Å². The van der Waals surface area contributed by atoms with Crippen LogP contribution in [-0.4, -0.2) is 34.6 Å². The lowest BCUT2D eigenvalue weighted by Gasteiger charge is -2.29. The minimum absolute atomic E-state index is 0.113. The Morgan fingerprint density at radius 2 is 2.10 bits per heavy atom. The van der Waals surface area contributed by atoms with Crippen molar-refractivity contribution < 1.29 is 4.39 Å². The van der Waals surface area contributed by atoms with Gasteiger partial charge in [0.1, 0.15) is 5.82 Å². The Kier molecular flexibility index (Phi) is 3.56. The molecule has 4 nitrogen and oxygen atoms in total. The monoisotopic (exact) mass is 296 g/mol. The average Bonchev–Trinajstić information content (AvgIpc) is 2.69. The van der Waals surface area contributed by atoms with Gasteiger partial charge in [-0.25, -0.2) is 9.37 Å². The van der Waals surface area contributed by atoms with E-state index in [-0.39, 0.29) is 5.02 Å². The average molecular weight is 297 g/mol. The van der Waals surface area contributed by atoms with Gasteiger partial charge in [0.25, 0.3) is 0 Å². The van der Waals surface area contributed by atoms with Gasteiger partial charge in [-0.2, -0.15) is 0 Å². The lowest BCUT2D eigenvalue weighted by molar-refractivity contribution is 0.206. The molecular formula is C14H18ClFN4. The zero-order valence-electron chi connectivity index (χ0n) is 11.4. The number of likely N-dealkylation sites (tertiary alicyclic amines) is 1. The van der Waals surface area contributed by atoms with Gasteiger partial charge in [0, 0.05) is 12.6 Å². The number of halogens is 2. The van der Waals surface area contributed by atoms with Crippen molar-refractivity contribution in [2.45, 2.75) is 19.4 Å². The second kappa shape index (κ2) is 5.22. The van der Waals surface area contributed by atoms with Crippen molar-refractivity contribution in [1.82, 2.24) is 14.5 Å². The summed E-state index contributed by atoms with van der Waals surface area (Å²) in [5.74, 6) is 0.554. The molecule has 0 aliphatic carbocycles. The molecule has 20 heavy (non-hydrogen) atoms. The van der Waals surface area contributed by atoms with E-state index in [4.69, 9.17) is 17.3 Å². The van der Waals surface area contributed by atoms with Gasteiger partial charge in [0.15, 0.2) is 0 Å². The minimum atomic E-state index is -0.455. The lowest BCUT2D eigenvalue weighted by Crippen LogP contribution is -2.32. The summed E-state index contributed by atoms with van der Waals surface area (Å²) < 4.78 is 15.4. The number of hydrogen-bond donors (Lipinski definition) is 1. The summed E-state index contributed by atoms with van der Waals surface area (Å²) in [5.41, 5.74) is 7.35. The molecule has 1 aromatic heterocycles. The predicted octanol–water partition coefficient (Wildman–Crippen LogP) is 2.75. The van der Waals surface area contributed by atoms with Crippen LogP contribution >= 0.6 is 11.6 Å². The number of aromatic nitrogens is 2. The zero-order valence-corrected chi connectivity index (χ0v) is 12.2. The molecule has 0 radical (unpaired) electrons. The van der Waals surface area contributed by atoms with Crippen molar-refractivity contribution in [3.8, 4) is 0 Å². The number of nitrogen functional groups attached to an aromatic ring is 1. The van der Waals surface area contributed by atoms with E-state index in [1.807, 2.05) is 4.57 Å². The Morgan fingerprint density at radius 1 is 1.40 bits per heavy atom. The molecule has 0 bridgehead atoms. The second-order valence-corrected chi connectivity index (χ2v) is 5.99. The Morgan fingerprint density at radius 3 is 2.80 bits per heavy atom. The van der Waals surface area contributed by atoms with Gasteiger partial charge in [0.05, 0.1) is 16.1 Å². The lowest BCUT2D eigenvalue weighted by atomic mass is 9.97. The quantitative estimate of drug-likeness (QED) is 0.927. The first-order valence-electron chi connectivity index (χ1n) is 6.84. The molecule has 0 amide bonds. The summed E-state index contributed by atoms with van der Waals surface area (Å²) in [6.07, 6.45) is 2.29. The van der Waals surface area contributed by atoms with E-state index >= 15 is 0 Å². The topological polar surface area (TPSA) is 47.1 Å². The molecule has 108 valence electrons. The second-order valence-electron chi connectivity index (χ2n) is 5.58. The highest BCUT2D eigenvalue weighted by atomic mass is 35.5. The standard InChI is InChI=1S/C14H18ClFN4/c1-19-4-2-9(3-5-19)8-20-13-6-10(15)11(16)7-12(13)18-14(20)17/h6-7,9H,2-5,8H2,1H3,(H2,17,18). The van der Waals surface area contributed by atoms with E-state index in [1.54, 1.807) is 6.07 Å². The van der Waals surface area contributed by atoms with E-state index in [0.29, 0.717) is 17.4 Å². The maximum absolute atomic E-state index is 13.5. The number of benzene rings is 1. The molecule has 0 saturated carbocycles. The van der Waals surface area contributed by atoms with Crippen LogP contribution in [0.3, 0.4) is 0 Å². The molecule has 1 aliphatic heterocycles. The third kappa shape index (κ3) is 2.47. The van der Waals surface area contributed by atoms with Crippen LogP contribution in [0.25, 0.3) is 11.0 Å². The predicted molar refractivity (Wildman–Crippen MR) is 79.3 cm³/mol. The largest absolute Gasteiger partial charge is 0.369 e. The number of hydrogen-bond acceptors (Lipinski definition) is 3. The molecule has 1 fully saturated rings. The molecular weight excluding hydrogens is 279 g/mol. The third-order valence-corrected chi connectivity index (χ3v) is 4.39. The van der Waals surface area contributed by atoms with Crippen LogP contribution in [-0.2, 0) is 6.54 Å². The van der Waals surface area contributed by atoms with Crippen LogP contribution in [0.5, 0.6) is 0 Å². The van der Waals surface area contributed by atoms with Crippen LogP contribution in [0.4, 0.5) is 10.3 Å². The molecule has 3 rings (SSSR count). The van der Waals surface area contributed by atoms with Crippen molar-refractivity contribution in [3.05, 3.63) is 23.0 Å². The Hall–Kier alpha value is -1.33. The fraction of sp³-hybridized carbons (Fsp3) is 0.500. The van der Waals surface area contributed by atoms with Crippen LogP contribution in [0.1, 0.15) is 12.8 Å². The number of rotatable bonds is 2. The number of imidazole rings is 1. The van der Waals surface area contributed by atoms with Crippen LogP contribution in [0, 0.1) is 11.7 Å². The highest BCUT2D eigenvalue weighted by molar-refractivity contribution is 6.31. The molecule has 0 atom stereocenters. The number of fused-ring (bicyclic) bond motifs is 1. The molecule has 2 aromatic rings. The summed E-state index contributed by atoms with van der Waals surface area (Å²) in [7, 11) is 2.14.